The van der Waals surface area contributed by atoms with Gasteiger partial charge in [0, 0.05) is 24.0 Å². The first-order chi connectivity index (χ1) is 26.1. The van der Waals surface area contributed by atoms with Crippen LogP contribution in [0.2, 0.25) is 6.82 Å². The van der Waals surface area contributed by atoms with Crippen molar-refractivity contribution < 1.29 is 17.5 Å². The number of rotatable bonds is 14. The molecule has 4 nitrogen and oxygen atoms in total. The van der Waals surface area contributed by atoms with Crippen molar-refractivity contribution in [1.82, 2.24) is 0 Å². The molecule has 0 N–H and O–H groups in total. The van der Waals surface area contributed by atoms with E-state index in [1.807, 2.05) is 56.3 Å². The van der Waals surface area contributed by atoms with Gasteiger partial charge >= 0.3 is 7.52 Å². The van der Waals surface area contributed by atoms with E-state index in [0.29, 0.717) is 44.6 Å². The third-order valence-corrected chi connectivity index (χ3v) is 10.9. The lowest BCUT2D eigenvalue weighted by Crippen LogP contribution is -2.06. The highest BCUT2D eigenvalue weighted by atomic mass is 32.2. The van der Waals surface area contributed by atoms with Crippen molar-refractivity contribution in [3.8, 4) is 0 Å². The molecule has 0 bridgehead atoms. The summed E-state index contributed by atoms with van der Waals surface area (Å²) in [6.07, 6.45) is 7.37. The van der Waals surface area contributed by atoms with Crippen LogP contribution in [-0.2, 0) is 24.3 Å². The van der Waals surface area contributed by atoms with Gasteiger partial charge in [-0.3, -0.25) is 14.0 Å². The maximum atomic E-state index is 12.5. The second-order valence-corrected chi connectivity index (χ2v) is 14.6. The van der Waals surface area contributed by atoms with Crippen LogP contribution in [0.5, 0.6) is 0 Å². The van der Waals surface area contributed by atoms with Gasteiger partial charge in [-0.25, -0.2) is 0 Å². The van der Waals surface area contributed by atoms with E-state index in [9.17, 15) is 18.3 Å². The summed E-state index contributed by atoms with van der Waals surface area (Å²) in [7, 11) is -1.42. The lowest BCUT2D eigenvalue weighted by molar-refractivity contribution is 0.462. The van der Waals surface area contributed by atoms with E-state index >= 15 is 0 Å². The molecule has 9 heteroatoms. The molecule has 0 spiro atoms. The first kappa shape index (κ1) is 40.1. The van der Waals surface area contributed by atoms with Gasteiger partial charge in [-0.2, -0.15) is 0 Å². The zero-order valence-electron chi connectivity index (χ0n) is 32.1. The number of hydrogen-bond donors (Lipinski definition) is 0. The van der Waals surface area contributed by atoms with Crippen molar-refractivity contribution >= 4 is 53.0 Å². The SMILES string of the molecule is CCCCCc1ccc(CSc2oc3ccccc3c(=O)c2C)cc1.Cc1c(SCc2ccc(CCCC[18F])cc2)oc2ccccc2c1=O.[3H]B(C)F. The Balaban J connectivity index is 0.000000219. The molecule has 0 amide bonds. The molecule has 6 rings (SSSR count). The second kappa shape index (κ2) is 22.2. The predicted octanol–water partition coefficient (Wildman–Crippen LogP) is 12.2. The van der Waals surface area contributed by atoms with Crippen LogP contribution >= 0.6 is 23.5 Å². The Labute approximate surface area is 322 Å². The molecule has 6 aromatic rings. The lowest BCUT2D eigenvalue weighted by atomic mass is 10.1. The van der Waals surface area contributed by atoms with E-state index in [2.05, 4.69) is 55.5 Å². The largest absolute Gasteiger partial charge is 0.449 e. The summed E-state index contributed by atoms with van der Waals surface area (Å²) >= 11 is 3.13. The summed E-state index contributed by atoms with van der Waals surface area (Å²) in [5.41, 5.74) is 7.80. The van der Waals surface area contributed by atoms with E-state index < -0.39 is 7.52 Å². The molecule has 0 aliphatic rings. The molecule has 0 saturated heterocycles. The molecular weight excluding hydrogens is 704 g/mol. The van der Waals surface area contributed by atoms with Gasteiger partial charge in [-0.05, 0) is 92.5 Å². The summed E-state index contributed by atoms with van der Waals surface area (Å²) in [4.78, 5) is 24.9. The van der Waals surface area contributed by atoms with Crippen LogP contribution in [0.4, 0.5) is 8.71 Å². The smallest absolute Gasteiger partial charge is 0.328 e. The van der Waals surface area contributed by atoms with Crippen molar-refractivity contribution in [2.24, 2.45) is 0 Å². The first-order valence-corrected chi connectivity index (χ1v) is 20.2. The lowest BCUT2D eigenvalue weighted by Gasteiger charge is -2.07. The minimum Gasteiger partial charge on any atom is -0.449 e. The van der Waals surface area contributed by atoms with Gasteiger partial charge in [-0.1, -0.05) is 123 Å². The number of aryl methyl sites for hydroxylation is 2. The zero-order chi connectivity index (χ0) is 38.9. The monoisotopic (exact) mass is 755 g/mol. The molecule has 0 unspecified atom stereocenters. The van der Waals surface area contributed by atoms with Crippen molar-refractivity contribution in [1.29, 1.82) is 1.34 Å². The normalized spacial score (nSPS) is 11.0. The first-order valence-electron chi connectivity index (χ1n) is 18.8. The standard InChI is InChI=1S/C22H24O2S.C21H21FO2S.CH4BF/c1-3-4-5-8-17-11-13-18(14-12-17)15-25-22-16(2)21(23)19-9-6-7-10-20(19)24-22;1-15-20(23)18-7-2-3-8-19(18)24-21(15)25-14-17-11-9-16(10-12-17)6-4-5-13-22;1-2-3/h6-7,9-14H,3-5,8,15H2,1-2H3;2-3,7-12H,4-6,13-14H2,1H3;2H,1H3/i;22-1;2T. The van der Waals surface area contributed by atoms with Gasteiger partial charge in [-0.15, -0.1) is 0 Å². The van der Waals surface area contributed by atoms with Gasteiger partial charge in [0.2, 0.25) is 0 Å². The molecule has 0 radical (unpaired) electrons. The predicted molar refractivity (Wildman–Crippen MR) is 223 cm³/mol. The highest BCUT2D eigenvalue weighted by Gasteiger charge is 2.12. The summed E-state index contributed by atoms with van der Waals surface area (Å²) in [5.74, 6) is 1.55. The van der Waals surface area contributed by atoms with Gasteiger partial charge in [0.25, 0.3) is 0 Å². The molecule has 4 aromatic carbocycles. The Morgan fingerprint density at radius 3 is 1.40 bits per heavy atom. The number of halogens is 2. The Morgan fingerprint density at radius 1 is 0.623 bits per heavy atom. The molecule has 0 aliphatic carbocycles. The number of fused-ring (bicyclic) bond motifs is 2. The van der Waals surface area contributed by atoms with Gasteiger partial charge < -0.3 is 13.1 Å². The molecule has 0 atom stereocenters. The van der Waals surface area contributed by atoms with Crippen LogP contribution in [0.1, 0.15) is 72.4 Å². The molecule has 278 valence electrons. The third-order valence-electron chi connectivity index (χ3n) is 8.67. The molecule has 2 heterocycles. The summed E-state index contributed by atoms with van der Waals surface area (Å²) in [5, 5.41) is 2.68. The van der Waals surface area contributed by atoms with E-state index in [1.54, 1.807) is 29.6 Å². The number of thioether (sulfide) groups is 2. The molecule has 0 aliphatic heterocycles. The topological polar surface area (TPSA) is 60.4 Å². The zero-order valence-corrected chi connectivity index (χ0v) is 32.7. The number of benzene rings is 4. The Morgan fingerprint density at radius 2 is 1.00 bits per heavy atom. The van der Waals surface area contributed by atoms with Crippen molar-refractivity contribution in [3.63, 3.8) is 0 Å². The molecule has 0 saturated carbocycles. The fourth-order valence-corrected chi connectivity index (χ4v) is 7.51. The highest BCUT2D eigenvalue weighted by molar-refractivity contribution is 7.98. The van der Waals surface area contributed by atoms with E-state index in [4.69, 9.17) is 10.2 Å². The average molecular weight is 756 g/mol. The maximum absolute atomic E-state index is 12.5. The van der Waals surface area contributed by atoms with Crippen molar-refractivity contribution in [2.45, 2.75) is 94.2 Å². The quantitative estimate of drug-likeness (QED) is 0.0627. The Kier molecular flexibility index (Phi) is 16.8. The number of hydrogen-bond acceptors (Lipinski definition) is 6. The highest BCUT2D eigenvalue weighted by Crippen LogP contribution is 2.29. The van der Waals surface area contributed by atoms with E-state index in [1.165, 1.54) is 48.3 Å². The number of unbranched alkanes of at least 4 members (excludes halogenated alkanes) is 3. The minimum absolute atomic E-state index is 0.0348. The second-order valence-electron chi connectivity index (χ2n) is 12.7. The summed E-state index contributed by atoms with van der Waals surface area (Å²) in [6, 6.07) is 31.9. The Hall–Kier alpha value is -4.08. The van der Waals surface area contributed by atoms with Crippen LogP contribution in [0.25, 0.3) is 21.9 Å². The van der Waals surface area contributed by atoms with Crippen molar-refractivity contribution in [3.05, 3.63) is 151 Å². The molecular formula is C44H49BF2O4S2. The molecule has 2 aromatic heterocycles. The fraction of sp³-hybridized carbons (Fsp3) is 0.318. The van der Waals surface area contributed by atoms with Gasteiger partial charge in [0.15, 0.2) is 21.0 Å². The average Bonchev–Trinajstić information content (AvgIpc) is 3.18. The number of alkyl halides is 1. The van der Waals surface area contributed by atoms with Crippen LogP contribution < -0.4 is 10.9 Å². The molecule has 0 fully saturated rings. The van der Waals surface area contributed by atoms with Crippen LogP contribution in [0.15, 0.2) is 126 Å². The maximum Gasteiger partial charge on any atom is 0.328 e. The van der Waals surface area contributed by atoms with Crippen molar-refractivity contribution in [2.75, 3.05) is 6.67 Å². The third kappa shape index (κ3) is 12.5. The molecule has 53 heavy (non-hydrogen) atoms. The van der Waals surface area contributed by atoms with E-state index in [0.717, 1.165) is 35.9 Å². The van der Waals surface area contributed by atoms with Gasteiger partial charge in [0.1, 0.15) is 11.2 Å². The minimum atomic E-state index is -1.42. The van der Waals surface area contributed by atoms with Gasteiger partial charge in [0.05, 0.1) is 17.4 Å². The van der Waals surface area contributed by atoms with Crippen LogP contribution in [0, 0.1) is 13.8 Å². The number of para-hydroxylation sites is 2. The summed E-state index contributed by atoms with van der Waals surface area (Å²) in [6.45, 7) is 6.81. The van der Waals surface area contributed by atoms with Crippen LogP contribution in [-0.4, -0.2) is 15.5 Å². The fourth-order valence-electron chi connectivity index (χ4n) is 5.61. The van der Waals surface area contributed by atoms with Crippen LogP contribution in [0.3, 0.4) is 0 Å². The Bertz CT molecular complexity index is 2010. The summed E-state index contributed by atoms with van der Waals surface area (Å²) < 4.78 is 40.6. The van der Waals surface area contributed by atoms with E-state index in [-0.39, 0.29) is 17.5 Å².